The minimum Gasteiger partial charge on any atom is -0.373 e. The Balaban J connectivity index is 3.36. The second-order valence-electron chi connectivity index (χ2n) is 5.73. The summed E-state index contributed by atoms with van der Waals surface area (Å²) in [6, 6.07) is 0. The van der Waals surface area contributed by atoms with E-state index in [2.05, 4.69) is 23.2 Å². The van der Waals surface area contributed by atoms with Crippen LogP contribution in [0, 0.1) is 5.92 Å². The molecule has 0 spiro atoms. The van der Waals surface area contributed by atoms with Crippen LogP contribution >= 0.6 is 0 Å². The minimum atomic E-state index is -5.15. The SMILES string of the molecule is CCCCOC1C(OS(=O)(=O)O)[C@H](OO)[C@H](OOO)C(C)[C@@H]1OS(=O)(=O)O. The standard InChI is InChI=1S/C11H22O14S2/c1-3-4-5-20-9-8(23-26(14,15)16)6(2)7(22-25-13)10(21-12)11(9)24-27(17,18)19/h6-13H,3-5H2,1-2H3,(H,14,15,16)(H,17,18,19)/t6?,7-,8+,9?,10-,11?/m1/s1. The Labute approximate surface area is 155 Å². The van der Waals surface area contributed by atoms with Gasteiger partial charge in [0.05, 0.1) is 0 Å². The van der Waals surface area contributed by atoms with Crippen molar-refractivity contribution in [3.8, 4) is 0 Å². The molecule has 0 radical (unpaired) electrons. The average molecular weight is 442 g/mol. The second-order valence-corrected chi connectivity index (χ2v) is 7.83. The van der Waals surface area contributed by atoms with Crippen LogP contribution in [0.25, 0.3) is 0 Å². The van der Waals surface area contributed by atoms with Gasteiger partial charge >= 0.3 is 20.8 Å². The van der Waals surface area contributed by atoms with Crippen molar-refractivity contribution in [2.24, 2.45) is 5.92 Å². The topological polar surface area (TPSA) is 205 Å². The minimum absolute atomic E-state index is 0.0231. The van der Waals surface area contributed by atoms with Crippen LogP contribution in [0.5, 0.6) is 0 Å². The third-order valence-corrected chi connectivity index (χ3v) is 4.81. The normalized spacial score (nSPS) is 32.5. The summed E-state index contributed by atoms with van der Waals surface area (Å²) in [5.74, 6) is -1.14. The first-order chi connectivity index (χ1) is 12.4. The number of hydrogen-bond donors (Lipinski definition) is 4. The molecular weight excluding hydrogens is 420 g/mol. The predicted molar refractivity (Wildman–Crippen MR) is 82.7 cm³/mol. The Morgan fingerprint density at radius 2 is 1.41 bits per heavy atom. The van der Waals surface area contributed by atoms with Gasteiger partial charge in [0.2, 0.25) is 0 Å². The quantitative estimate of drug-likeness (QED) is 0.142. The molecule has 1 fully saturated rings. The zero-order valence-electron chi connectivity index (χ0n) is 14.3. The van der Waals surface area contributed by atoms with Crippen molar-refractivity contribution in [1.29, 1.82) is 0 Å². The van der Waals surface area contributed by atoms with Crippen LogP contribution in [0.4, 0.5) is 0 Å². The smallest absolute Gasteiger partial charge is 0.373 e. The average Bonchev–Trinajstić information content (AvgIpc) is 2.52. The Bertz CT molecular complexity index is 648. The fourth-order valence-corrected chi connectivity index (χ4v) is 3.81. The van der Waals surface area contributed by atoms with E-state index < -0.39 is 57.2 Å². The molecule has 0 heterocycles. The van der Waals surface area contributed by atoms with Crippen LogP contribution in [0.15, 0.2) is 0 Å². The molecule has 0 aromatic rings. The van der Waals surface area contributed by atoms with Crippen LogP contribution in [0.1, 0.15) is 26.7 Å². The first kappa shape index (κ1) is 24.5. The highest BCUT2D eigenvalue weighted by molar-refractivity contribution is 7.81. The van der Waals surface area contributed by atoms with Crippen LogP contribution in [0.2, 0.25) is 0 Å². The molecule has 0 amide bonds. The van der Waals surface area contributed by atoms with Gasteiger partial charge in [-0.1, -0.05) is 25.3 Å². The zero-order valence-corrected chi connectivity index (χ0v) is 15.9. The maximum Gasteiger partial charge on any atom is 0.397 e. The number of unbranched alkanes of at least 4 members (excludes halogenated alkanes) is 1. The first-order valence-electron chi connectivity index (χ1n) is 7.65. The van der Waals surface area contributed by atoms with E-state index in [0.29, 0.717) is 12.8 Å². The summed E-state index contributed by atoms with van der Waals surface area (Å²) < 4.78 is 77.2. The molecule has 16 heteroatoms. The van der Waals surface area contributed by atoms with E-state index in [1.54, 1.807) is 0 Å². The highest BCUT2D eigenvalue weighted by atomic mass is 32.3. The molecule has 0 aliphatic heterocycles. The van der Waals surface area contributed by atoms with Gasteiger partial charge in [-0.3, -0.25) is 14.4 Å². The second kappa shape index (κ2) is 10.3. The van der Waals surface area contributed by atoms with Gasteiger partial charge in [-0.2, -0.15) is 21.7 Å². The molecule has 14 nitrogen and oxygen atoms in total. The molecule has 27 heavy (non-hydrogen) atoms. The molecule has 162 valence electrons. The highest BCUT2D eigenvalue weighted by Gasteiger charge is 2.56. The molecule has 3 unspecified atom stereocenters. The van der Waals surface area contributed by atoms with E-state index in [1.165, 1.54) is 6.92 Å². The molecule has 1 saturated carbocycles. The highest BCUT2D eigenvalue weighted by Crippen LogP contribution is 2.36. The fourth-order valence-electron chi connectivity index (χ4n) is 2.74. The van der Waals surface area contributed by atoms with Crippen LogP contribution in [0.3, 0.4) is 0 Å². The van der Waals surface area contributed by atoms with Gasteiger partial charge in [0.1, 0.15) is 24.4 Å². The molecule has 0 bridgehead atoms. The van der Waals surface area contributed by atoms with E-state index in [-0.39, 0.29) is 6.61 Å². The molecule has 1 aliphatic rings. The zero-order chi connectivity index (χ0) is 20.8. The van der Waals surface area contributed by atoms with Gasteiger partial charge in [-0.15, -0.1) is 0 Å². The maximum absolute atomic E-state index is 11.2. The van der Waals surface area contributed by atoms with Gasteiger partial charge in [0, 0.05) is 12.5 Å². The largest absolute Gasteiger partial charge is 0.397 e. The molecule has 6 atom stereocenters. The Hall–Kier alpha value is -0.500. The van der Waals surface area contributed by atoms with Gasteiger partial charge < -0.3 is 4.74 Å². The van der Waals surface area contributed by atoms with Crippen molar-refractivity contribution in [3.63, 3.8) is 0 Å². The summed E-state index contributed by atoms with van der Waals surface area (Å²) in [5.41, 5.74) is 0. The van der Waals surface area contributed by atoms with Crippen LogP contribution in [-0.2, 0) is 48.7 Å². The van der Waals surface area contributed by atoms with Gasteiger partial charge in [-0.25, -0.2) is 18.5 Å². The maximum atomic E-state index is 11.2. The summed E-state index contributed by atoms with van der Waals surface area (Å²) in [6.07, 6.45) is -7.34. The van der Waals surface area contributed by atoms with Crippen molar-refractivity contribution in [3.05, 3.63) is 0 Å². The molecule has 4 N–H and O–H groups in total. The van der Waals surface area contributed by atoms with E-state index in [0.717, 1.165) is 0 Å². The lowest BCUT2D eigenvalue weighted by atomic mass is 9.79. The van der Waals surface area contributed by atoms with Gasteiger partial charge in [-0.05, 0) is 6.42 Å². The third kappa shape index (κ3) is 7.44. The van der Waals surface area contributed by atoms with Crippen LogP contribution < -0.4 is 0 Å². The molecule has 1 rings (SSSR count). The van der Waals surface area contributed by atoms with Crippen molar-refractivity contribution < 1.29 is 64.4 Å². The van der Waals surface area contributed by atoms with Crippen molar-refractivity contribution in [1.82, 2.24) is 0 Å². The monoisotopic (exact) mass is 442 g/mol. The Morgan fingerprint density at radius 1 is 0.852 bits per heavy atom. The van der Waals surface area contributed by atoms with Gasteiger partial charge in [0.25, 0.3) is 0 Å². The summed E-state index contributed by atoms with van der Waals surface area (Å²) >= 11 is 0. The van der Waals surface area contributed by atoms with Crippen molar-refractivity contribution in [2.45, 2.75) is 57.2 Å². The van der Waals surface area contributed by atoms with E-state index in [9.17, 15) is 16.8 Å². The number of ether oxygens (including phenoxy) is 1. The lowest BCUT2D eigenvalue weighted by molar-refractivity contribution is -0.528. The van der Waals surface area contributed by atoms with Crippen LogP contribution in [-0.4, -0.2) is 73.6 Å². The molecule has 0 saturated heterocycles. The van der Waals surface area contributed by atoms with E-state index in [4.69, 9.17) is 24.4 Å². The Kier molecular flexibility index (Phi) is 9.38. The predicted octanol–water partition coefficient (Wildman–Crippen LogP) is -0.155. The summed E-state index contributed by atoms with van der Waals surface area (Å²) in [7, 11) is -10.2. The molecular formula is C11H22O14S2. The van der Waals surface area contributed by atoms with E-state index in [1.807, 2.05) is 6.92 Å². The first-order valence-corrected chi connectivity index (χ1v) is 10.4. The molecule has 1 aliphatic carbocycles. The molecule has 0 aromatic heterocycles. The summed E-state index contributed by atoms with van der Waals surface area (Å²) in [6.45, 7) is 3.07. The van der Waals surface area contributed by atoms with Gasteiger partial charge in [0.15, 0.2) is 6.10 Å². The molecule has 0 aromatic carbocycles. The van der Waals surface area contributed by atoms with Crippen molar-refractivity contribution >= 4 is 20.8 Å². The summed E-state index contributed by atoms with van der Waals surface area (Å²) in [5, 5.41) is 21.2. The lowest BCUT2D eigenvalue weighted by Gasteiger charge is -2.45. The number of rotatable bonds is 11. The fraction of sp³-hybridized carbons (Fsp3) is 1.00. The number of hydrogen-bond acceptors (Lipinski definition) is 12. The summed E-state index contributed by atoms with van der Waals surface area (Å²) in [4.78, 5) is 8.60. The Morgan fingerprint density at radius 3 is 1.85 bits per heavy atom. The van der Waals surface area contributed by atoms with E-state index >= 15 is 0 Å². The third-order valence-electron chi connectivity index (χ3n) is 3.88. The lowest BCUT2D eigenvalue weighted by Crippen LogP contribution is -2.64. The van der Waals surface area contributed by atoms with Crippen molar-refractivity contribution in [2.75, 3.05) is 6.61 Å².